The molecule has 8 nitrogen and oxygen atoms in total. The zero-order valence-electron chi connectivity index (χ0n) is 21.7. The Bertz CT molecular complexity index is 1360. The molecule has 1 aliphatic carbocycles. The van der Waals surface area contributed by atoms with Gasteiger partial charge in [-0.05, 0) is 77.7 Å². The Hall–Kier alpha value is -3.26. The highest BCUT2D eigenvalue weighted by Crippen LogP contribution is 2.35. The maximum atomic E-state index is 13.3. The standard InChI is InChI=1S/C28H36N6O2/c1-18(2)26(27-30-31-32-34(27)17-24-11-8-14-36-24)33(23-9-6-5-7-10-23)16-22-15-21-13-12-19(3)20(4)25(21)29-28(22)35/h8,11-15,18,23,26H,5-7,9-10,16-17H2,1-4H3,(H,29,35). The lowest BCUT2D eigenvalue weighted by Crippen LogP contribution is -2.43. The number of aryl methyl sites for hydroxylation is 2. The molecule has 5 rings (SSSR count). The van der Waals surface area contributed by atoms with Crippen LogP contribution in [0, 0.1) is 19.8 Å². The summed E-state index contributed by atoms with van der Waals surface area (Å²) in [6.07, 6.45) is 7.58. The van der Waals surface area contributed by atoms with E-state index in [1.807, 2.05) is 16.8 Å². The Morgan fingerprint density at radius 3 is 2.69 bits per heavy atom. The van der Waals surface area contributed by atoms with E-state index in [4.69, 9.17) is 4.42 Å². The molecule has 1 aromatic carbocycles. The van der Waals surface area contributed by atoms with E-state index >= 15 is 0 Å². The quantitative estimate of drug-likeness (QED) is 0.362. The smallest absolute Gasteiger partial charge is 0.252 e. The molecule has 1 unspecified atom stereocenters. The van der Waals surface area contributed by atoms with Crippen LogP contribution in [-0.4, -0.2) is 36.1 Å². The van der Waals surface area contributed by atoms with Crippen LogP contribution in [0.25, 0.3) is 10.9 Å². The number of nitrogens with one attached hydrogen (secondary N) is 1. The van der Waals surface area contributed by atoms with E-state index in [1.165, 1.54) is 24.8 Å². The van der Waals surface area contributed by atoms with Crippen LogP contribution in [0.3, 0.4) is 0 Å². The highest BCUT2D eigenvalue weighted by molar-refractivity contribution is 5.83. The van der Waals surface area contributed by atoms with Gasteiger partial charge in [0.2, 0.25) is 0 Å². The van der Waals surface area contributed by atoms with Crippen molar-refractivity contribution in [2.24, 2.45) is 5.92 Å². The molecule has 1 aliphatic rings. The van der Waals surface area contributed by atoms with Crippen LogP contribution in [0.5, 0.6) is 0 Å². The molecule has 0 bridgehead atoms. The molecule has 1 atom stereocenters. The van der Waals surface area contributed by atoms with E-state index in [9.17, 15) is 4.79 Å². The number of hydrogen-bond acceptors (Lipinski definition) is 6. The molecule has 0 saturated heterocycles. The fourth-order valence-corrected chi connectivity index (χ4v) is 5.67. The number of nitrogens with zero attached hydrogens (tertiary/aromatic N) is 5. The Morgan fingerprint density at radius 1 is 1.17 bits per heavy atom. The molecule has 3 aromatic heterocycles. The predicted molar refractivity (Wildman–Crippen MR) is 140 cm³/mol. The molecule has 1 N–H and O–H groups in total. The van der Waals surface area contributed by atoms with Gasteiger partial charge in [-0.25, -0.2) is 4.68 Å². The summed E-state index contributed by atoms with van der Waals surface area (Å²) in [5, 5.41) is 13.9. The van der Waals surface area contributed by atoms with Crippen molar-refractivity contribution >= 4 is 10.9 Å². The molecule has 0 spiro atoms. The minimum atomic E-state index is -0.0343. The van der Waals surface area contributed by atoms with Crippen molar-refractivity contribution in [1.82, 2.24) is 30.1 Å². The number of H-pyrrole nitrogens is 1. The second-order valence-electron chi connectivity index (χ2n) is 10.5. The van der Waals surface area contributed by atoms with Gasteiger partial charge in [0.25, 0.3) is 5.56 Å². The summed E-state index contributed by atoms with van der Waals surface area (Å²) in [6, 6.07) is 10.4. The molecule has 36 heavy (non-hydrogen) atoms. The first-order valence-corrected chi connectivity index (χ1v) is 13.1. The van der Waals surface area contributed by atoms with E-state index in [0.717, 1.165) is 46.5 Å². The minimum absolute atomic E-state index is 0.0188. The molecular formula is C28H36N6O2. The molecule has 0 amide bonds. The summed E-state index contributed by atoms with van der Waals surface area (Å²) >= 11 is 0. The second-order valence-corrected chi connectivity index (χ2v) is 10.5. The fourth-order valence-electron chi connectivity index (χ4n) is 5.67. The molecule has 4 aromatic rings. The number of benzene rings is 1. The Morgan fingerprint density at radius 2 is 1.97 bits per heavy atom. The second kappa shape index (κ2) is 10.4. The summed E-state index contributed by atoms with van der Waals surface area (Å²) in [4.78, 5) is 19.0. The van der Waals surface area contributed by atoms with Crippen molar-refractivity contribution in [1.29, 1.82) is 0 Å². The van der Waals surface area contributed by atoms with Crippen LogP contribution in [0.4, 0.5) is 0 Å². The van der Waals surface area contributed by atoms with Gasteiger partial charge in [-0.3, -0.25) is 9.69 Å². The normalized spacial score (nSPS) is 15.8. The average Bonchev–Trinajstić information content (AvgIpc) is 3.55. The Kier molecular flexibility index (Phi) is 7.05. The van der Waals surface area contributed by atoms with Crippen molar-refractivity contribution < 1.29 is 4.42 Å². The molecule has 1 saturated carbocycles. The van der Waals surface area contributed by atoms with Gasteiger partial charge in [0, 0.05) is 18.2 Å². The first kappa shape index (κ1) is 24.4. The first-order chi connectivity index (χ1) is 17.4. The van der Waals surface area contributed by atoms with Crippen LogP contribution in [-0.2, 0) is 13.1 Å². The van der Waals surface area contributed by atoms with Crippen LogP contribution in [0.1, 0.15) is 80.3 Å². The van der Waals surface area contributed by atoms with Crippen molar-refractivity contribution in [2.75, 3.05) is 0 Å². The van der Waals surface area contributed by atoms with Crippen LogP contribution in [0.2, 0.25) is 0 Å². The number of pyridine rings is 1. The van der Waals surface area contributed by atoms with Crippen LogP contribution < -0.4 is 5.56 Å². The minimum Gasteiger partial charge on any atom is -0.467 e. The number of hydrogen-bond donors (Lipinski definition) is 1. The van der Waals surface area contributed by atoms with E-state index in [2.05, 4.69) is 71.3 Å². The number of fused-ring (bicyclic) bond motifs is 1. The maximum Gasteiger partial charge on any atom is 0.252 e. The largest absolute Gasteiger partial charge is 0.467 e. The number of furan rings is 1. The van der Waals surface area contributed by atoms with E-state index in [0.29, 0.717) is 19.1 Å². The third kappa shape index (κ3) is 4.87. The lowest BCUT2D eigenvalue weighted by atomic mass is 9.90. The fraction of sp³-hybridized carbons (Fsp3) is 0.500. The molecule has 0 radical (unpaired) electrons. The summed E-state index contributed by atoms with van der Waals surface area (Å²) < 4.78 is 7.42. The summed E-state index contributed by atoms with van der Waals surface area (Å²) in [6.45, 7) is 9.60. The number of tetrazole rings is 1. The van der Waals surface area contributed by atoms with E-state index in [1.54, 1.807) is 6.26 Å². The SMILES string of the molecule is Cc1ccc2cc(CN(C3CCCCC3)C(c3nnnn3Cc3ccco3)C(C)C)c(=O)[nH]c2c1C. The number of aromatic amines is 1. The molecule has 8 heteroatoms. The topological polar surface area (TPSA) is 92.8 Å². The van der Waals surface area contributed by atoms with Gasteiger partial charge < -0.3 is 9.40 Å². The van der Waals surface area contributed by atoms with E-state index in [-0.39, 0.29) is 17.5 Å². The van der Waals surface area contributed by atoms with Crippen molar-refractivity contribution in [2.45, 2.75) is 85.0 Å². The highest BCUT2D eigenvalue weighted by Gasteiger charge is 2.35. The third-order valence-electron chi connectivity index (χ3n) is 7.72. The maximum absolute atomic E-state index is 13.3. The predicted octanol–water partition coefficient (Wildman–Crippen LogP) is 5.30. The first-order valence-electron chi connectivity index (χ1n) is 13.1. The molecule has 3 heterocycles. The molecule has 190 valence electrons. The number of rotatable bonds is 8. The van der Waals surface area contributed by atoms with Gasteiger partial charge in [0.15, 0.2) is 5.82 Å². The van der Waals surface area contributed by atoms with Crippen LogP contribution in [0.15, 0.2) is 45.8 Å². The van der Waals surface area contributed by atoms with Crippen molar-refractivity contribution in [3.8, 4) is 0 Å². The average molecular weight is 489 g/mol. The van der Waals surface area contributed by atoms with E-state index < -0.39 is 0 Å². The third-order valence-corrected chi connectivity index (χ3v) is 7.72. The highest BCUT2D eigenvalue weighted by atomic mass is 16.3. The summed E-state index contributed by atoms with van der Waals surface area (Å²) in [7, 11) is 0. The van der Waals surface area contributed by atoms with Gasteiger partial charge in [0.05, 0.1) is 17.8 Å². The van der Waals surface area contributed by atoms with Crippen LogP contribution >= 0.6 is 0 Å². The molecule has 1 fully saturated rings. The van der Waals surface area contributed by atoms with Crippen molar-refractivity contribution in [3.63, 3.8) is 0 Å². The van der Waals surface area contributed by atoms with Gasteiger partial charge in [0.1, 0.15) is 12.3 Å². The monoisotopic (exact) mass is 488 g/mol. The Balaban J connectivity index is 1.55. The molecule has 0 aliphatic heterocycles. The van der Waals surface area contributed by atoms with Gasteiger partial charge in [-0.2, -0.15) is 0 Å². The summed E-state index contributed by atoms with van der Waals surface area (Å²) in [5.41, 5.74) is 3.99. The van der Waals surface area contributed by atoms with Gasteiger partial charge in [-0.15, -0.1) is 5.10 Å². The van der Waals surface area contributed by atoms with Gasteiger partial charge in [-0.1, -0.05) is 45.2 Å². The van der Waals surface area contributed by atoms with Crippen molar-refractivity contribution in [3.05, 3.63) is 75.2 Å². The zero-order chi connectivity index (χ0) is 25.2. The zero-order valence-corrected chi connectivity index (χ0v) is 21.7. The molecular weight excluding hydrogens is 452 g/mol. The van der Waals surface area contributed by atoms with Gasteiger partial charge >= 0.3 is 0 Å². The lowest BCUT2D eigenvalue weighted by Gasteiger charge is -2.41. The summed E-state index contributed by atoms with van der Waals surface area (Å²) in [5.74, 6) is 1.88. The lowest BCUT2D eigenvalue weighted by molar-refractivity contribution is 0.0610. The number of aromatic nitrogens is 5. The Labute approximate surface area is 211 Å².